The van der Waals surface area contributed by atoms with E-state index in [9.17, 15) is 4.79 Å². The van der Waals surface area contributed by atoms with Crippen LogP contribution < -0.4 is 10.2 Å². The number of aryl methyl sites for hydroxylation is 1. The zero-order valence-electron chi connectivity index (χ0n) is 18.1. The van der Waals surface area contributed by atoms with E-state index < -0.39 is 0 Å². The number of rotatable bonds is 5. The molecule has 0 saturated carbocycles. The highest BCUT2D eigenvalue weighted by molar-refractivity contribution is 6.05. The van der Waals surface area contributed by atoms with Gasteiger partial charge in [0.15, 0.2) is 0 Å². The molecular weight excluding hydrogens is 372 g/mol. The topological polar surface area (TPSA) is 50.2 Å². The van der Waals surface area contributed by atoms with Crippen molar-refractivity contribution >= 4 is 17.3 Å². The van der Waals surface area contributed by atoms with Crippen molar-refractivity contribution in [1.82, 2.24) is 9.78 Å². The lowest BCUT2D eigenvalue weighted by Crippen LogP contribution is -2.32. The zero-order chi connectivity index (χ0) is 21.1. The summed E-state index contributed by atoms with van der Waals surface area (Å²) in [6, 6.07) is 18.4. The minimum absolute atomic E-state index is 0.108. The lowest BCUT2D eigenvalue weighted by Gasteiger charge is -2.32. The lowest BCUT2D eigenvalue weighted by molar-refractivity contribution is 0.102. The lowest BCUT2D eigenvalue weighted by atomic mass is 9.99. The average molecular weight is 403 g/mol. The fraction of sp³-hybridized carbons (Fsp3) is 0.360. The van der Waals surface area contributed by atoms with Gasteiger partial charge in [0.25, 0.3) is 5.91 Å². The Hall–Kier alpha value is -3.08. The Morgan fingerprint density at radius 1 is 1.03 bits per heavy atom. The Kier molecular flexibility index (Phi) is 5.88. The number of nitrogens with zero attached hydrogens (tertiary/aromatic N) is 3. The van der Waals surface area contributed by atoms with Crippen LogP contribution in [0.4, 0.5) is 11.4 Å². The van der Waals surface area contributed by atoms with E-state index in [2.05, 4.69) is 46.5 Å². The molecule has 1 aliphatic rings. The summed E-state index contributed by atoms with van der Waals surface area (Å²) >= 11 is 0. The minimum Gasteiger partial charge on any atom is -0.372 e. The van der Waals surface area contributed by atoms with Gasteiger partial charge >= 0.3 is 0 Å². The molecule has 0 bridgehead atoms. The molecule has 5 heteroatoms. The Morgan fingerprint density at radius 3 is 2.37 bits per heavy atom. The van der Waals surface area contributed by atoms with Crippen molar-refractivity contribution < 1.29 is 4.79 Å². The second-order valence-corrected chi connectivity index (χ2v) is 8.36. The molecular formula is C25H30N4O. The third-order valence-corrected chi connectivity index (χ3v) is 6.06. The van der Waals surface area contributed by atoms with Gasteiger partial charge in [-0.15, -0.1) is 0 Å². The molecule has 4 rings (SSSR count). The van der Waals surface area contributed by atoms with Gasteiger partial charge in [-0.25, -0.2) is 0 Å². The maximum Gasteiger partial charge on any atom is 0.259 e. The van der Waals surface area contributed by atoms with Crippen molar-refractivity contribution in [3.63, 3.8) is 0 Å². The van der Waals surface area contributed by atoms with Crippen LogP contribution in [0.2, 0.25) is 0 Å². The fourth-order valence-electron chi connectivity index (χ4n) is 4.15. The number of nitrogens with one attached hydrogen (secondary N) is 1. The number of piperidine rings is 1. The predicted molar refractivity (Wildman–Crippen MR) is 122 cm³/mol. The zero-order valence-corrected chi connectivity index (χ0v) is 18.1. The second kappa shape index (κ2) is 8.74. The highest BCUT2D eigenvalue weighted by Gasteiger charge is 2.20. The van der Waals surface area contributed by atoms with Gasteiger partial charge in [-0.1, -0.05) is 37.3 Å². The first-order valence-corrected chi connectivity index (χ1v) is 10.8. The number of hydrogen-bond donors (Lipinski definition) is 1. The monoisotopic (exact) mass is 402 g/mol. The van der Waals surface area contributed by atoms with E-state index in [-0.39, 0.29) is 5.91 Å². The summed E-state index contributed by atoms with van der Waals surface area (Å²) in [5, 5.41) is 7.64. The first kappa shape index (κ1) is 20.2. The quantitative estimate of drug-likeness (QED) is 0.651. The summed E-state index contributed by atoms with van der Waals surface area (Å²) < 4.78 is 1.90. The summed E-state index contributed by atoms with van der Waals surface area (Å²) in [5.41, 5.74) is 5.48. The van der Waals surface area contributed by atoms with E-state index >= 15 is 0 Å². The smallest absolute Gasteiger partial charge is 0.259 e. The Bertz CT molecular complexity index is 1000. The fourth-order valence-corrected chi connectivity index (χ4v) is 4.15. The van der Waals surface area contributed by atoms with Gasteiger partial charge in [0, 0.05) is 30.2 Å². The molecule has 2 aromatic carbocycles. The van der Waals surface area contributed by atoms with Crippen molar-refractivity contribution in [3.05, 3.63) is 77.1 Å². The van der Waals surface area contributed by atoms with Gasteiger partial charge < -0.3 is 10.2 Å². The highest BCUT2D eigenvalue weighted by Crippen LogP contribution is 2.25. The normalized spacial score (nSPS) is 14.7. The summed E-state index contributed by atoms with van der Waals surface area (Å²) in [5.74, 6) is 0.706. The average Bonchev–Trinajstić information content (AvgIpc) is 3.03. The molecule has 156 valence electrons. The molecule has 0 aliphatic carbocycles. The van der Waals surface area contributed by atoms with Gasteiger partial charge in [-0.2, -0.15) is 5.10 Å². The predicted octanol–water partition coefficient (Wildman–Crippen LogP) is 5.04. The van der Waals surface area contributed by atoms with Crippen LogP contribution in [-0.4, -0.2) is 28.8 Å². The van der Waals surface area contributed by atoms with E-state index in [1.807, 2.05) is 48.9 Å². The van der Waals surface area contributed by atoms with E-state index in [4.69, 9.17) is 0 Å². The molecule has 30 heavy (non-hydrogen) atoms. The molecule has 2 heterocycles. The minimum atomic E-state index is -0.108. The number of aromatic nitrogens is 2. The van der Waals surface area contributed by atoms with Crippen LogP contribution in [0.1, 0.15) is 47.1 Å². The molecule has 1 amide bonds. The molecule has 0 unspecified atom stereocenters. The molecule has 5 nitrogen and oxygen atoms in total. The second-order valence-electron chi connectivity index (χ2n) is 8.36. The van der Waals surface area contributed by atoms with Gasteiger partial charge in [0.05, 0.1) is 17.8 Å². The van der Waals surface area contributed by atoms with Crippen LogP contribution in [0.25, 0.3) is 0 Å². The van der Waals surface area contributed by atoms with Gasteiger partial charge in [0.1, 0.15) is 0 Å². The van der Waals surface area contributed by atoms with Crippen LogP contribution in [0.15, 0.2) is 54.6 Å². The molecule has 1 N–H and O–H groups in total. The van der Waals surface area contributed by atoms with E-state index in [1.165, 1.54) is 18.5 Å². The van der Waals surface area contributed by atoms with Crippen LogP contribution in [0.5, 0.6) is 0 Å². The van der Waals surface area contributed by atoms with Crippen molar-refractivity contribution in [2.45, 2.75) is 40.2 Å². The molecule has 1 aliphatic heterocycles. The Balaban J connectivity index is 1.45. The molecule has 0 radical (unpaired) electrons. The van der Waals surface area contributed by atoms with Crippen LogP contribution in [0, 0.1) is 19.8 Å². The Labute approximate surface area is 178 Å². The van der Waals surface area contributed by atoms with Gasteiger partial charge in [0.2, 0.25) is 0 Å². The number of anilines is 2. The van der Waals surface area contributed by atoms with E-state index in [0.717, 1.165) is 41.6 Å². The largest absolute Gasteiger partial charge is 0.372 e. The molecule has 3 aromatic rings. The van der Waals surface area contributed by atoms with Crippen LogP contribution in [0.3, 0.4) is 0 Å². The Morgan fingerprint density at radius 2 is 1.70 bits per heavy atom. The van der Waals surface area contributed by atoms with E-state index in [1.54, 1.807) is 0 Å². The first-order valence-electron chi connectivity index (χ1n) is 10.8. The first-order chi connectivity index (χ1) is 14.5. The maximum atomic E-state index is 13.0. The summed E-state index contributed by atoms with van der Waals surface area (Å²) in [6.45, 7) is 9.03. The third-order valence-electron chi connectivity index (χ3n) is 6.06. The molecule has 1 aromatic heterocycles. The van der Waals surface area contributed by atoms with Gasteiger partial charge in [-0.3, -0.25) is 9.48 Å². The number of benzene rings is 2. The highest BCUT2D eigenvalue weighted by atomic mass is 16.1. The summed E-state index contributed by atoms with van der Waals surface area (Å²) in [6.07, 6.45) is 2.48. The molecule has 0 atom stereocenters. The number of amides is 1. The van der Waals surface area contributed by atoms with Crippen molar-refractivity contribution in [2.24, 2.45) is 5.92 Å². The maximum absolute atomic E-state index is 13.0. The third kappa shape index (κ3) is 4.40. The number of carbonyl (C=O) groups excluding carboxylic acids is 1. The van der Waals surface area contributed by atoms with E-state index in [0.29, 0.717) is 12.1 Å². The standard InChI is InChI=1S/C25H30N4O/c1-18-13-15-28(16-14-18)23-11-9-22(10-12-23)26-25(30)24-19(2)27-29(20(24)3)17-21-7-5-4-6-8-21/h4-12,18H,13-17H2,1-3H3,(H,26,30). The number of hydrogen-bond acceptors (Lipinski definition) is 3. The SMILES string of the molecule is Cc1nn(Cc2ccccc2)c(C)c1C(=O)Nc1ccc(N2CCC(C)CC2)cc1. The van der Waals surface area contributed by atoms with Crippen LogP contribution >= 0.6 is 0 Å². The van der Waals surface area contributed by atoms with Crippen molar-refractivity contribution in [3.8, 4) is 0 Å². The van der Waals surface area contributed by atoms with Crippen molar-refractivity contribution in [1.29, 1.82) is 0 Å². The summed E-state index contributed by atoms with van der Waals surface area (Å²) in [4.78, 5) is 15.4. The van der Waals surface area contributed by atoms with Crippen molar-refractivity contribution in [2.75, 3.05) is 23.3 Å². The summed E-state index contributed by atoms with van der Waals surface area (Å²) in [7, 11) is 0. The van der Waals surface area contributed by atoms with Gasteiger partial charge in [-0.05, 0) is 62.4 Å². The molecule has 0 spiro atoms. The molecule has 1 saturated heterocycles. The molecule has 1 fully saturated rings. The van der Waals surface area contributed by atoms with Crippen LogP contribution in [-0.2, 0) is 6.54 Å². The number of carbonyl (C=O) groups is 1.